The fraction of sp³-hybridized carbons (Fsp3) is 0.0800. The first-order chi connectivity index (χ1) is 16.1. The fourth-order valence-corrected chi connectivity index (χ4v) is 4.47. The van der Waals surface area contributed by atoms with Gasteiger partial charge >= 0.3 is 0 Å². The van der Waals surface area contributed by atoms with Gasteiger partial charge in [-0.2, -0.15) is 0 Å². The van der Waals surface area contributed by atoms with Crippen molar-refractivity contribution < 1.29 is 9.53 Å². The van der Waals surface area contributed by atoms with Crippen molar-refractivity contribution in [3.63, 3.8) is 0 Å². The Morgan fingerprint density at radius 3 is 2.67 bits per heavy atom. The molecule has 0 aliphatic rings. The highest BCUT2D eigenvalue weighted by atomic mass is 32.2. The van der Waals surface area contributed by atoms with Gasteiger partial charge in [0.15, 0.2) is 5.16 Å². The Morgan fingerprint density at radius 2 is 1.85 bits per heavy atom. The molecule has 0 fully saturated rings. The number of aromatic nitrogens is 3. The van der Waals surface area contributed by atoms with Gasteiger partial charge in [-0.1, -0.05) is 54.2 Å². The first kappa shape index (κ1) is 20.8. The van der Waals surface area contributed by atoms with E-state index in [1.54, 1.807) is 13.2 Å². The van der Waals surface area contributed by atoms with E-state index in [1.807, 2.05) is 72.8 Å². The van der Waals surface area contributed by atoms with Gasteiger partial charge in [0.1, 0.15) is 16.8 Å². The quantitative estimate of drug-likeness (QED) is 0.288. The molecule has 1 amide bonds. The Kier molecular flexibility index (Phi) is 5.58. The van der Waals surface area contributed by atoms with Gasteiger partial charge in [0.25, 0.3) is 5.56 Å². The largest absolute Gasteiger partial charge is 0.497 e. The Balaban J connectivity index is 1.59. The SMILES string of the molecule is COc1cccc(-n2c(SCC(=O)Nc3ccccc3)nc3c([nH]c4ccccc43)c2=O)c1. The first-order valence-electron chi connectivity index (χ1n) is 10.3. The van der Waals surface area contributed by atoms with Crippen molar-refractivity contribution in [1.82, 2.24) is 14.5 Å². The van der Waals surface area contributed by atoms with Gasteiger partial charge in [0.05, 0.1) is 18.6 Å². The molecule has 33 heavy (non-hydrogen) atoms. The number of methoxy groups -OCH3 is 1. The lowest BCUT2D eigenvalue weighted by Gasteiger charge is -2.13. The molecular formula is C25H20N4O3S. The van der Waals surface area contributed by atoms with E-state index < -0.39 is 0 Å². The summed E-state index contributed by atoms with van der Waals surface area (Å²) >= 11 is 1.21. The second-order valence-electron chi connectivity index (χ2n) is 7.33. The molecule has 0 aliphatic carbocycles. The lowest BCUT2D eigenvalue weighted by atomic mass is 10.2. The third kappa shape index (κ3) is 4.08. The first-order valence-corrected chi connectivity index (χ1v) is 11.3. The van der Waals surface area contributed by atoms with Gasteiger partial charge < -0.3 is 15.0 Å². The maximum atomic E-state index is 13.6. The van der Waals surface area contributed by atoms with Crippen LogP contribution in [0.25, 0.3) is 27.6 Å². The average molecular weight is 457 g/mol. The number of para-hydroxylation sites is 2. The van der Waals surface area contributed by atoms with Crippen molar-refractivity contribution in [3.8, 4) is 11.4 Å². The number of rotatable bonds is 6. The zero-order chi connectivity index (χ0) is 22.8. The molecule has 0 saturated heterocycles. The lowest BCUT2D eigenvalue weighted by Crippen LogP contribution is -2.23. The van der Waals surface area contributed by atoms with Gasteiger partial charge in [0, 0.05) is 22.7 Å². The normalized spacial score (nSPS) is 11.1. The number of nitrogens with one attached hydrogen (secondary N) is 2. The van der Waals surface area contributed by atoms with Crippen molar-refractivity contribution in [2.75, 3.05) is 18.2 Å². The van der Waals surface area contributed by atoms with Gasteiger partial charge in [-0.05, 0) is 30.3 Å². The summed E-state index contributed by atoms with van der Waals surface area (Å²) in [7, 11) is 1.57. The molecule has 0 bridgehead atoms. The van der Waals surface area contributed by atoms with Crippen LogP contribution in [0.15, 0.2) is 88.8 Å². The van der Waals surface area contributed by atoms with Crippen LogP contribution in [0.3, 0.4) is 0 Å². The maximum Gasteiger partial charge on any atom is 0.283 e. The molecule has 0 saturated carbocycles. The van der Waals surface area contributed by atoms with Gasteiger partial charge in [-0.25, -0.2) is 4.98 Å². The van der Waals surface area contributed by atoms with E-state index in [2.05, 4.69) is 10.3 Å². The monoisotopic (exact) mass is 456 g/mol. The summed E-state index contributed by atoms with van der Waals surface area (Å²) in [6.07, 6.45) is 0. The van der Waals surface area contributed by atoms with Crippen LogP contribution in [0.4, 0.5) is 5.69 Å². The minimum absolute atomic E-state index is 0.0964. The van der Waals surface area contributed by atoms with Crippen molar-refractivity contribution in [2.45, 2.75) is 5.16 Å². The van der Waals surface area contributed by atoms with Crippen LogP contribution in [0.2, 0.25) is 0 Å². The number of hydrogen-bond donors (Lipinski definition) is 2. The van der Waals surface area contributed by atoms with Crippen molar-refractivity contribution in [3.05, 3.63) is 89.2 Å². The summed E-state index contributed by atoms with van der Waals surface area (Å²) < 4.78 is 6.86. The Bertz CT molecular complexity index is 1530. The number of hydrogen-bond acceptors (Lipinski definition) is 5. The van der Waals surface area contributed by atoms with E-state index in [1.165, 1.54) is 16.3 Å². The van der Waals surface area contributed by atoms with Crippen LogP contribution in [-0.2, 0) is 4.79 Å². The minimum Gasteiger partial charge on any atom is -0.497 e. The molecule has 0 unspecified atom stereocenters. The van der Waals surface area contributed by atoms with Gasteiger partial charge in [0.2, 0.25) is 5.91 Å². The number of carbonyl (C=O) groups is 1. The standard InChI is InChI=1S/C25H20N4O3S/c1-32-18-11-7-10-17(14-18)29-24(31)23-22(19-12-5-6-13-20(19)27-23)28-25(29)33-15-21(30)26-16-8-3-2-4-9-16/h2-14,27H,15H2,1H3,(H,26,30). The maximum absolute atomic E-state index is 13.6. The number of ether oxygens (including phenoxy) is 1. The van der Waals surface area contributed by atoms with Crippen LogP contribution >= 0.6 is 11.8 Å². The Labute approximate surface area is 193 Å². The average Bonchev–Trinajstić information content (AvgIpc) is 3.22. The zero-order valence-electron chi connectivity index (χ0n) is 17.7. The number of anilines is 1. The molecule has 2 aromatic heterocycles. The van der Waals surface area contributed by atoms with E-state index in [4.69, 9.17) is 9.72 Å². The van der Waals surface area contributed by atoms with Crippen LogP contribution < -0.4 is 15.6 Å². The van der Waals surface area contributed by atoms with E-state index in [0.29, 0.717) is 33.3 Å². The summed E-state index contributed by atoms with van der Waals surface area (Å²) in [5.74, 6) is 0.532. The van der Waals surface area contributed by atoms with E-state index in [0.717, 1.165) is 10.9 Å². The number of nitrogens with zero attached hydrogens (tertiary/aromatic N) is 2. The van der Waals surface area contributed by atoms with E-state index >= 15 is 0 Å². The van der Waals surface area contributed by atoms with Crippen molar-refractivity contribution in [1.29, 1.82) is 0 Å². The second kappa shape index (κ2) is 8.84. The molecule has 3 aromatic carbocycles. The van der Waals surface area contributed by atoms with Crippen molar-refractivity contribution >= 4 is 45.3 Å². The minimum atomic E-state index is -0.240. The molecule has 0 aliphatic heterocycles. The Hall–Kier alpha value is -4.04. The molecule has 2 N–H and O–H groups in total. The molecule has 5 rings (SSSR count). The van der Waals surface area contributed by atoms with E-state index in [-0.39, 0.29) is 17.2 Å². The lowest BCUT2D eigenvalue weighted by molar-refractivity contribution is -0.113. The highest BCUT2D eigenvalue weighted by molar-refractivity contribution is 7.99. The smallest absolute Gasteiger partial charge is 0.283 e. The number of fused-ring (bicyclic) bond motifs is 3. The molecule has 0 atom stereocenters. The molecule has 2 heterocycles. The summed E-state index contributed by atoms with van der Waals surface area (Å²) in [6, 6.07) is 24.1. The highest BCUT2D eigenvalue weighted by Crippen LogP contribution is 2.27. The van der Waals surface area contributed by atoms with Crippen molar-refractivity contribution in [2.24, 2.45) is 0 Å². The van der Waals surface area contributed by atoms with Crippen LogP contribution in [0.1, 0.15) is 0 Å². The van der Waals surface area contributed by atoms with Crippen LogP contribution in [-0.4, -0.2) is 33.3 Å². The molecule has 0 radical (unpaired) electrons. The summed E-state index contributed by atoms with van der Waals surface area (Å²) in [5, 5.41) is 4.15. The molecule has 164 valence electrons. The van der Waals surface area contributed by atoms with Gasteiger partial charge in [-0.15, -0.1) is 0 Å². The number of thioether (sulfide) groups is 1. The Morgan fingerprint density at radius 1 is 1.06 bits per heavy atom. The van der Waals surface area contributed by atoms with Gasteiger partial charge in [-0.3, -0.25) is 14.2 Å². The number of H-pyrrole nitrogens is 1. The molecule has 0 spiro atoms. The number of amides is 1. The molecular weight excluding hydrogens is 436 g/mol. The van der Waals surface area contributed by atoms with E-state index in [9.17, 15) is 9.59 Å². The number of carbonyl (C=O) groups excluding carboxylic acids is 1. The highest BCUT2D eigenvalue weighted by Gasteiger charge is 2.18. The number of aromatic amines is 1. The summed E-state index contributed by atoms with van der Waals surface area (Å²) in [4.78, 5) is 34.2. The zero-order valence-corrected chi connectivity index (χ0v) is 18.6. The predicted octanol–water partition coefficient (Wildman–Crippen LogP) is 4.61. The predicted molar refractivity (Wildman–Crippen MR) is 132 cm³/mol. The molecule has 8 heteroatoms. The fourth-order valence-electron chi connectivity index (χ4n) is 3.67. The second-order valence-corrected chi connectivity index (χ2v) is 8.28. The third-order valence-corrected chi connectivity index (χ3v) is 6.13. The summed E-state index contributed by atoms with van der Waals surface area (Å²) in [5.41, 5.74) is 2.92. The molecule has 5 aromatic rings. The third-order valence-electron chi connectivity index (χ3n) is 5.20. The molecule has 7 nitrogen and oxygen atoms in total. The summed E-state index contributed by atoms with van der Waals surface area (Å²) in [6.45, 7) is 0. The number of benzene rings is 3. The van der Waals surface area contributed by atoms with Crippen LogP contribution in [0, 0.1) is 0 Å². The topological polar surface area (TPSA) is 89.0 Å². The van der Waals surface area contributed by atoms with Crippen LogP contribution in [0.5, 0.6) is 5.75 Å².